The van der Waals surface area contributed by atoms with E-state index in [1.165, 1.54) is 16.4 Å². The monoisotopic (exact) mass is 991 g/mol. The number of anilines is 4. The second-order valence-corrected chi connectivity index (χ2v) is 18.8. The number of hydrogen-bond donors (Lipinski definition) is 6. The maximum Gasteiger partial charge on any atom is 0.277 e. The Balaban J connectivity index is 0.703. The first-order valence-electron chi connectivity index (χ1n) is 23.4. The summed E-state index contributed by atoms with van der Waals surface area (Å²) in [4.78, 5) is 74.9. The maximum atomic E-state index is 13.5. The minimum atomic E-state index is -0.843. The van der Waals surface area contributed by atoms with Crippen LogP contribution in [0.2, 0.25) is 5.02 Å². The number of aromatic nitrogens is 4. The molecule has 3 fully saturated rings. The number of rotatable bonds is 23. The third-order valence-corrected chi connectivity index (χ3v) is 14.2. The molecule has 20 nitrogen and oxygen atoms in total. The van der Waals surface area contributed by atoms with Crippen LogP contribution in [0, 0.1) is 12.3 Å². The highest BCUT2D eigenvalue weighted by Crippen LogP contribution is 2.43. The lowest BCUT2D eigenvalue weighted by Gasteiger charge is -2.41. The number of nitrogens with zero attached hydrogens (tertiary/aromatic N) is 5. The molecule has 5 heterocycles. The first-order valence-corrected chi connectivity index (χ1v) is 24.6. The zero-order chi connectivity index (χ0) is 48.9. The number of nitrogen functional groups attached to an aromatic ring is 1. The summed E-state index contributed by atoms with van der Waals surface area (Å²) >= 11 is 7.96. The Hall–Kier alpha value is -5.42. The minimum Gasteiger partial charge on any atom is -0.384 e. The Morgan fingerprint density at radius 3 is 2.33 bits per heavy atom. The summed E-state index contributed by atoms with van der Waals surface area (Å²) in [5, 5.41) is 17.6. The maximum absolute atomic E-state index is 13.5. The average Bonchev–Trinajstić information content (AvgIpc) is 3.60. The van der Waals surface area contributed by atoms with E-state index in [1.807, 2.05) is 31.2 Å². The van der Waals surface area contributed by atoms with Crippen molar-refractivity contribution in [1.29, 1.82) is 0 Å². The fourth-order valence-corrected chi connectivity index (χ4v) is 9.76. The number of nitrogens with one attached hydrogen (secondary N) is 4. The van der Waals surface area contributed by atoms with Crippen molar-refractivity contribution < 1.29 is 38.1 Å². The summed E-state index contributed by atoms with van der Waals surface area (Å²) in [6.45, 7) is 9.55. The second kappa shape index (κ2) is 24.4. The van der Waals surface area contributed by atoms with Gasteiger partial charge >= 0.3 is 0 Å². The van der Waals surface area contributed by atoms with Gasteiger partial charge in [-0.15, -0.1) is 0 Å². The molecule has 372 valence electrons. The molecule has 0 saturated carbocycles. The highest BCUT2D eigenvalue weighted by atomic mass is 35.5. The van der Waals surface area contributed by atoms with Crippen molar-refractivity contribution in [3.05, 3.63) is 63.7 Å². The van der Waals surface area contributed by atoms with Crippen LogP contribution in [0.25, 0.3) is 10.8 Å². The Bertz CT molecular complexity index is 2530. The molecule has 8 N–H and O–H groups in total. The molecule has 69 heavy (non-hydrogen) atoms. The lowest BCUT2D eigenvalue weighted by atomic mass is 9.73. The Labute approximate surface area is 409 Å². The van der Waals surface area contributed by atoms with Crippen LogP contribution >= 0.6 is 23.4 Å². The zero-order valence-electron chi connectivity index (χ0n) is 39.1. The lowest BCUT2D eigenvalue weighted by molar-refractivity contribution is -0.136. The SMILES string of the molecule is Cc1nn(C2CCC(=O)NC2=O)c(=O)c2c(NCCCOCCOCCOCCCNC(=O)CCC(=O)Nc3cccc(Sc4ncc(N5CCC6(CC5)CO[C@H](C)[C@@H]6N)nc4N)c3Cl)cccc12. The molecular weight excluding hydrogens is 930 g/mol. The molecular formula is C47H62ClN11O9S. The predicted octanol–water partition coefficient (Wildman–Crippen LogP) is 3.97. The summed E-state index contributed by atoms with van der Waals surface area (Å²) < 4.78 is 23.9. The molecule has 0 aliphatic carbocycles. The van der Waals surface area contributed by atoms with E-state index in [9.17, 15) is 24.0 Å². The number of fused-ring (bicyclic) bond motifs is 1. The molecule has 3 atom stereocenters. The van der Waals surface area contributed by atoms with Crippen LogP contribution in [-0.4, -0.2) is 128 Å². The standard InChI is InChI=1S/C47H62ClN11O9S/c1-29-31-7-3-8-32(40(31)46(64)59(57-29)34-11-12-39(62)56-44(34)63)51-17-5-21-65-23-25-67-26-24-66-22-6-18-52-37(60)13-14-38(61)54-33-9-4-10-35(41(33)48)69-45-43(50)55-36(27-53-45)58-19-15-47(16-20-58)28-68-30(2)42(47)49/h3-4,7-10,27,30,34,42,51H,5-6,11-26,28,49H2,1-2H3,(H2,50,55)(H,52,60)(H,54,61)(H,56,62,63)/t30-,34?,42+/m1/s1. The number of imide groups is 1. The number of aryl methyl sites for hydroxylation is 1. The third-order valence-electron chi connectivity index (χ3n) is 12.7. The van der Waals surface area contributed by atoms with E-state index in [1.54, 1.807) is 25.3 Å². The summed E-state index contributed by atoms with van der Waals surface area (Å²) in [6.07, 6.45) is 5.23. The number of amides is 4. The van der Waals surface area contributed by atoms with Gasteiger partial charge in [-0.05, 0) is 64.2 Å². The topological polar surface area (TPSA) is 269 Å². The Kier molecular flexibility index (Phi) is 18.2. The number of benzene rings is 2. The molecule has 0 radical (unpaired) electrons. The lowest BCUT2D eigenvalue weighted by Crippen LogP contribution is -2.50. The first kappa shape index (κ1) is 51.4. The molecule has 1 unspecified atom stereocenters. The highest BCUT2D eigenvalue weighted by Gasteiger charge is 2.47. The van der Waals surface area contributed by atoms with Crippen LogP contribution in [0.15, 0.2) is 57.3 Å². The van der Waals surface area contributed by atoms with Gasteiger partial charge < -0.3 is 51.3 Å². The van der Waals surface area contributed by atoms with E-state index < -0.39 is 17.5 Å². The summed E-state index contributed by atoms with van der Waals surface area (Å²) in [5.74, 6) is -0.487. The number of hydrogen-bond acceptors (Lipinski definition) is 17. The summed E-state index contributed by atoms with van der Waals surface area (Å²) in [6, 6.07) is 9.94. The number of ether oxygens (including phenoxy) is 4. The molecule has 2 aromatic carbocycles. The van der Waals surface area contributed by atoms with Crippen LogP contribution < -0.4 is 43.2 Å². The zero-order valence-corrected chi connectivity index (χ0v) is 40.6. The first-order chi connectivity index (χ1) is 33.3. The van der Waals surface area contributed by atoms with Gasteiger partial charge in [-0.1, -0.05) is 41.6 Å². The molecule has 0 bridgehead atoms. The van der Waals surface area contributed by atoms with Crippen LogP contribution in [0.1, 0.15) is 70.0 Å². The normalized spacial score (nSPS) is 19.0. The van der Waals surface area contributed by atoms with E-state index in [4.69, 9.17) is 42.0 Å². The largest absolute Gasteiger partial charge is 0.384 e. The van der Waals surface area contributed by atoms with Crippen LogP contribution in [-0.2, 0) is 38.1 Å². The quantitative estimate of drug-likeness (QED) is 0.0453. The van der Waals surface area contributed by atoms with E-state index in [-0.39, 0.29) is 66.8 Å². The smallest absolute Gasteiger partial charge is 0.277 e. The molecule has 3 aliphatic heterocycles. The molecule has 3 saturated heterocycles. The number of carbonyl (C=O) groups excluding carboxylic acids is 4. The molecule has 4 amide bonds. The van der Waals surface area contributed by atoms with Crippen LogP contribution in [0.4, 0.5) is 23.0 Å². The predicted molar refractivity (Wildman–Crippen MR) is 263 cm³/mol. The van der Waals surface area contributed by atoms with E-state index in [0.717, 1.165) is 25.9 Å². The number of halogens is 1. The molecule has 4 aromatic rings. The molecule has 7 rings (SSSR count). The van der Waals surface area contributed by atoms with Gasteiger partial charge in [0.25, 0.3) is 11.5 Å². The molecule has 22 heteroatoms. The van der Waals surface area contributed by atoms with Crippen molar-refractivity contribution in [3.8, 4) is 0 Å². The van der Waals surface area contributed by atoms with Crippen LogP contribution in [0.5, 0.6) is 0 Å². The van der Waals surface area contributed by atoms with E-state index in [0.29, 0.717) is 121 Å². The number of piperidine rings is 2. The third kappa shape index (κ3) is 13.3. The fraction of sp³-hybridized carbons (Fsp3) is 0.532. The van der Waals surface area contributed by atoms with Crippen molar-refractivity contribution in [3.63, 3.8) is 0 Å². The minimum absolute atomic E-state index is 0.00197. The van der Waals surface area contributed by atoms with Crippen molar-refractivity contribution in [1.82, 2.24) is 30.4 Å². The van der Waals surface area contributed by atoms with E-state index in [2.05, 4.69) is 41.2 Å². The van der Waals surface area contributed by atoms with Gasteiger partial charge in [0.15, 0.2) is 5.82 Å². The van der Waals surface area contributed by atoms with Crippen molar-refractivity contribution in [2.45, 2.75) is 93.3 Å². The Morgan fingerprint density at radius 1 is 0.957 bits per heavy atom. The van der Waals surface area contributed by atoms with Gasteiger partial charge in [0, 0.05) is 86.1 Å². The van der Waals surface area contributed by atoms with Crippen LogP contribution in [0.3, 0.4) is 0 Å². The summed E-state index contributed by atoms with van der Waals surface area (Å²) in [7, 11) is 0. The highest BCUT2D eigenvalue weighted by molar-refractivity contribution is 7.99. The molecule has 1 spiro atoms. The van der Waals surface area contributed by atoms with Crippen molar-refractivity contribution in [2.24, 2.45) is 11.1 Å². The average molecular weight is 993 g/mol. The van der Waals surface area contributed by atoms with Gasteiger partial charge in [-0.2, -0.15) is 5.10 Å². The van der Waals surface area contributed by atoms with Crippen molar-refractivity contribution >= 4 is 80.8 Å². The van der Waals surface area contributed by atoms with E-state index >= 15 is 0 Å². The fourth-order valence-electron chi connectivity index (χ4n) is 8.66. The van der Waals surface area contributed by atoms with Gasteiger partial charge in [-0.3, -0.25) is 29.3 Å². The number of nitrogens with two attached hydrogens (primary N) is 2. The van der Waals surface area contributed by atoms with Gasteiger partial charge in [0.1, 0.15) is 16.9 Å². The van der Waals surface area contributed by atoms with Gasteiger partial charge in [0.05, 0.1) is 67.1 Å². The van der Waals surface area contributed by atoms with Gasteiger partial charge in [0.2, 0.25) is 17.7 Å². The Morgan fingerprint density at radius 2 is 1.64 bits per heavy atom. The van der Waals surface area contributed by atoms with Crippen molar-refractivity contribution in [2.75, 3.05) is 93.7 Å². The van der Waals surface area contributed by atoms with Gasteiger partial charge in [-0.25, -0.2) is 14.6 Å². The molecule has 3 aliphatic rings. The second-order valence-electron chi connectivity index (χ2n) is 17.4. The molecule has 2 aromatic heterocycles. The number of carbonyl (C=O) groups is 4. The summed E-state index contributed by atoms with van der Waals surface area (Å²) in [5.41, 5.74) is 14.1.